The van der Waals surface area contributed by atoms with E-state index in [1.54, 1.807) is 25.3 Å². The van der Waals surface area contributed by atoms with Crippen molar-refractivity contribution in [2.75, 3.05) is 5.32 Å². The average Bonchev–Trinajstić information content (AvgIpc) is 2.51. The van der Waals surface area contributed by atoms with Crippen molar-refractivity contribution in [1.29, 1.82) is 0 Å². The standard InChI is InChI=1S/C15H16FN3O2S/c1-9-14(21)13(8-20)10(6-17-9)7-18-15(22)19-12-4-2-11(16)3-5-12/h2-6,20-21H,7-8H2,1H3,(H2,18,19,22). The van der Waals surface area contributed by atoms with E-state index in [2.05, 4.69) is 15.6 Å². The maximum absolute atomic E-state index is 12.8. The summed E-state index contributed by atoms with van der Waals surface area (Å²) in [5.74, 6) is -0.336. The van der Waals surface area contributed by atoms with Gasteiger partial charge in [0, 0.05) is 24.0 Å². The van der Waals surface area contributed by atoms with E-state index in [1.807, 2.05) is 0 Å². The molecule has 0 bridgehead atoms. The third kappa shape index (κ3) is 3.90. The highest BCUT2D eigenvalue weighted by Crippen LogP contribution is 2.23. The minimum absolute atomic E-state index is 0.0146. The Hall–Kier alpha value is -2.25. The second-order valence-corrected chi connectivity index (χ2v) is 5.08. The van der Waals surface area contributed by atoms with Crippen molar-refractivity contribution in [1.82, 2.24) is 10.3 Å². The molecule has 4 N–H and O–H groups in total. The molecule has 2 aromatic rings. The number of hydrogen-bond donors (Lipinski definition) is 4. The number of rotatable bonds is 4. The maximum atomic E-state index is 12.8. The van der Waals surface area contributed by atoms with E-state index in [1.165, 1.54) is 12.1 Å². The molecule has 0 atom stereocenters. The number of nitrogens with zero attached hydrogens (tertiary/aromatic N) is 1. The molecule has 1 heterocycles. The monoisotopic (exact) mass is 321 g/mol. The number of halogens is 1. The van der Waals surface area contributed by atoms with Crippen LogP contribution in [0.1, 0.15) is 16.8 Å². The molecular weight excluding hydrogens is 305 g/mol. The van der Waals surface area contributed by atoms with Gasteiger partial charge in [0.2, 0.25) is 0 Å². The normalized spacial score (nSPS) is 10.3. The molecule has 0 saturated carbocycles. The van der Waals surface area contributed by atoms with Gasteiger partial charge in [-0.3, -0.25) is 4.98 Å². The highest BCUT2D eigenvalue weighted by Gasteiger charge is 2.11. The van der Waals surface area contributed by atoms with Crippen molar-refractivity contribution in [2.24, 2.45) is 0 Å². The lowest BCUT2D eigenvalue weighted by atomic mass is 10.1. The van der Waals surface area contributed by atoms with E-state index >= 15 is 0 Å². The van der Waals surface area contributed by atoms with Crippen LogP contribution in [0.2, 0.25) is 0 Å². The second kappa shape index (κ2) is 7.15. The smallest absolute Gasteiger partial charge is 0.171 e. The van der Waals surface area contributed by atoms with Gasteiger partial charge in [0.25, 0.3) is 0 Å². The van der Waals surface area contributed by atoms with Crippen LogP contribution in [0, 0.1) is 12.7 Å². The Morgan fingerprint density at radius 2 is 2.00 bits per heavy atom. The zero-order valence-electron chi connectivity index (χ0n) is 11.9. The van der Waals surface area contributed by atoms with Crippen LogP contribution >= 0.6 is 12.2 Å². The predicted octanol–water partition coefficient (Wildman–Crippen LogP) is 2.21. The first-order valence-electron chi connectivity index (χ1n) is 6.59. The first kappa shape index (κ1) is 16.1. The average molecular weight is 321 g/mol. The van der Waals surface area contributed by atoms with Crippen molar-refractivity contribution in [3.63, 3.8) is 0 Å². The summed E-state index contributed by atoms with van der Waals surface area (Å²) in [6.07, 6.45) is 1.58. The first-order valence-corrected chi connectivity index (χ1v) is 6.99. The SMILES string of the molecule is Cc1ncc(CNC(=S)Nc2ccc(F)cc2)c(CO)c1O. The molecule has 0 amide bonds. The van der Waals surface area contributed by atoms with E-state index in [-0.39, 0.29) is 18.2 Å². The third-order valence-corrected chi connectivity index (χ3v) is 3.38. The minimum Gasteiger partial charge on any atom is -0.506 e. The van der Waals surface area contributed by atoms with Gasteiger partial charge in [-0.15, -0.1) is 0 Å². The lowest BCUT2D eigenvalue weighted by Crippen LogP contribution is -2.28. The van der Waals surface area contributed by atoms with Gasteiger partial charge in [0.1, 0.15) is 11.6 Å². The van der Waals surface area contributed by atoms with E-state index in [0.717, 1.165) is 0 Å². The number of anilines is 1. The number of aliphatic hydroxyl groups excluding tert-OH is 1. The summed E-state index contributed by atoms with van der Waals surface area (Å²) in [6.45, 7) is 1.67. The summed E-state index contributed by atoms with van der Waals surface area (Å²) in [4.78, 5) is 4.05. The molecule has 5 nitrogen and oxygen atoms in total. The van der Waals surface area contributed by atoms with Gasteiger partial charge in [0.15, 0.2) is 5.11 Å². The number of aryl methyl sites for hydroxylation is 1. The number of aromatic hydroxyl groups is 1. The zero-order valence-corrected chi connectivity index (χ0v) is 12.7. The van der Waals surface area contributed by atoms with Crippen LogP contribution in [0.5, 0.6) is 5.75 Å². The van der Waals surface area contributed by atoms with Crippen LogP contribution in [0.3, 0.4) is 0 Å². The molecule has 116 valence electrons. The molecular formula is C15H16FN3O2S. The maximum Gasteiger partial charge on any atom is 0.171 e. The van der Waals surface area contributed by atoms with Gasteiger partial charge >= 0.3 is 0 Å². The fourth-order valence-electron chi connectivity index (χ4n) is 1.90. The van der Waals surface area contributed by atoms with Gasteiger partial charge in [0.05, 0.1) is 12.3 Å². The molecule has 0 aliphatic rings. The summed E-state index contributed by atoms with van der Waals surface area (Å²) in [7, 11) is 0. The van der Waals surface area contributed by atoms with Crippen molar-refractivity contribution in [2.45, 2.75) is 20.1 Å². The van der Waals surface area contributed by atoms with Gasteiger partial charge in [-0.1, -0.05) is 0 Å². The van der Waals surface area contributed by atoms with E-state index in [4.69, 9.17) is 12.2 Å². The molecule has 22 heavy (non-hydrogen) atoms. The molecule has 1 aromatic carbocycles. The summed E-state index contributed by atoms with van der Waals surface area (Å²) in [5, 5.41) is 25.4. The molecule has 0 fully saturated rings. The van der Waals surface area contributed by atoms with Gasteiger partial charge < -0.3 is 20.8 Å². The van der Waals surface area contributed by atoms with E-state index < -0.39 is 0 Å². The molecule has 7 heteroatoms. The van der Waals surface area contributed by atoms with Crippen molar-refractivity contribution in [3.8, 4) is 5.75 Å². The lowest BCUT2D eigenvalue weighted by Gasteiger charge is -2.14. The van der Waals surface area contributed by atoms with Crippen LogP contribution in [0.4, 0.5) is 10.1 Å². The number of benzene rings is 1. The topological polar surface area (TPSA) is 77.4 Å². The van der Waals surface area contributed by atoms with E-state index in [9.17, 15) is 14.6 Å². The molecule has 2 rings (SSSR count). The summed E-state index contributed by atoms with van der Waals surface area (Å²) in [5.41, 5.74) is 2.18. The van der Waals surface area contributed by atoms with Crippen LogP contribution in [-0.2, 0) is 13.2 Å². The third-order valence-electron chi connectivity index (χ3n) is 3.13. The Morgan fingerprint density at radius 3 is 2.64 bits per heavy atom. The fraction of sp³-hybridized carbons (Fsp3) is 0.200. The summed E-state index contributed by atoms with van der Waals surface area (Å²) >= 11 is 5.14. The Bertz CT molecular complexity index is 677. The first-order chi connectivity index (χ1) is 10.5. The summed E-state index contributed by atoms with van der Waals surface area (Å²) < 4.78 is 12.8. The Balaban J connectivity index is 1.99. The highest BCUT2D eigenvalue weighted by molar-refractivity contribution is 7.80. The van der Waals surface area contributed by atoms with Gasteiger partial charge in [-0.2, -0.15) is 0 Å². The Kier molecular flexibility index (Phi) is 5.24. The van der Waals surface area contributed by atoms with Crippen LogP contribution in [0.25, 0.3) is 0 Å². The number of hydrogen-bond acceptors (Lipinski definition) is 4. The second-order valence-electron chi connectivity index (χ2n) is 4.67. The quantitative estimate of drug-likeness (QED) is 0.647. The predicted molar refractivity (Wildman–Crippen MR) is 86.0 cm³/mol. The van der Waals surface area contributed by atoms with Gasteiger partial charge in [-0.25, -0.2) is 4.39 Å². The largest absolute Gasteiger partial charge is 0.506 e. The number of thiocarbonyl (C=S) groups is 1. The van der Waals surface area contributed by atoms with Crippen LogP contribution in [-0.4, -0.2) is 20.3 Å². The molecule has 0 spiro atoms. The number of nitrogens with one attached hydrogen (secondary N) is 2. The fourth-order valence-corrected chi connectivity index (χ4v) is 2.09. The van der Waals surface area contributed by atoms with Crippen molar-refractivity contribution < 1.29 is 14.6 Å². The molecule has 0 aliphatic heterocycles. The lowest BCUT2D eigenvalue weighted by molar-refractivity contribution is 0.273. The van der Waals surface area contributed by atoms with Crippen molar-refractivity contribution in [3.05, 3.63) is 53.1 Å². The van der Waals surface area contributed by atoms with Crippen LogP contribution < -0.4 is 10.6 Å². The summed E-state index contributed by atoms with van der Waals surface area (Å²) in [6, 6.07) is 5.80. The number of pyridine rings is 1. The molecule has 0 saturated heterocycles. The number of aromatic nitrogens is 1. The van der Waals surface area contributed by atoms with Gasteiger partial charge in [-0.05, 0) is 49.0 Å². The van der Waals surface area contributed by atoms with Crippen molar-refractivity contribution >= 4 is 23.0 Å². The molecule has 0 radical (unpaired) electrons. The Labute approximate surface area is 132 Å². The van der Waals surface area contributed by atoms with E-state index in [0.29, 0.717) is 34.2 Å². The Morgan fingerprint density at radius 1 is 1.32 bits per heavy atom. The zero-order chi connectivity index (χ0) is 16.1. The molecule has 0 unspecified atom stereocenters. The van der Waals surface area contributed by atoms with Crippen LogP contribution in [0.15, 0.2) is 30.5 Å². The molecule has 1 aromatic heterocycles. The molecule has 0 aliphatic carbocycles. The number of aliphatic hydroxyl groups is 1. The minimum atomic E-state index is -0.321. The highest BCUT2D eigenvalue weighted by atomic mass is 32.1.